The minimum atomic E-state index is 0.526. The van der Waals surface area contributed by atoms with Crippen LogP contribution in [-0.4, -0.2) is 0 Å². The molecule has 1 fully saturated rings. The maximum atomic E-state index is 4.12. The van der Waals surface area contributed by atoms with Crippen LogP contribution in [0.5, 0.6) is 0 Å². The molecule has 64 valence electrons. The minimum Gasteiger partial charge on any atom is -0.0996 e. The van der Waals surface area contributed by atoms with Crippen LogP contribution in [0.1, 0.15) is 52.4 Å². The zero-order valence-electron chi connectivity index (χ0n) is 7.95. The lowest BCUT2D eigenvalue weighted by Crippen LogP contribution is -2.23. The first kappa shape index (κ1) is 8.83. The summed E-state index contributed by atoms with van der Waals surface area (Å²) in [5.41, 5.74) is 1.94. The van der Waals surface area contributed by atoms with E-state index in [1.165, 1.54) is 44.1 Å². The summed E-state index contributed by atoms with van der Waals surface area (Å²) in [4.78, 5) is 0. The molecule has 0 unspecified atom stereocenters. The normalized spacial score (nSPS) is 23.1. The van der Waals surface area contributed by atoms with E-state index in [0.717, 1.165) is 0 Å². The van der Waals surface area contributed by atoms with Gasteiger partial charge in [0.1, 0.15) is 0 Å². The van der Waals surface area contributed by atoms with Gasteiger partial charge >= 0.3 is 0 Å². The molecular formula is C11H20. The van der Waals surface area contributed by atoms with Crippen molar-refractivity contribution in [1.82, 2.24) is 0 Å². The third-order valence-corrected chi connectivity index (χ3v) is 3.39. The lowest BCUT2D eigenvalue weighted by Gasteiger charge is -2.37. The van der Waals surface area contributed by atoms with Crippen molar-refractivity contribution < 1.29 is 0 Å². The van der Waals surface area contributed by atoms with E-state index in [4.69, 9.17) is 0 Å². The fraction of sp³-hybridized carbons (Fsp3) is 0.818. The maximum absolute atomic E-state index is 4.12. The van der Waals surface area contributed by atoms with E-state index in [1.807, 2.05) is 0 Å². The van der Waals surface area contributed by atoms with Gasteiger partial charge in [-0.1, -0.05) is 38.3 Å². The Morgan fingerprint density at radius 2 is 1.82 bits per heavy atom. The Balaban J connectivity index is 2.64. The predicted molar refractivity (Wildman–Crippen MR) is 50.6 cm³/mol. The Morgan fingerprint density at radius 1 is 1.27 bits per heavy atom. The Labute approximate surface area is 70.7 Å². The van der Waals surface area contributed by atoms with E-state index in [-0.39, 0.29) is 0 Å². The fourth-order valence-corrected chi connectivity index (χ4v) is 2.31. The minimum absolute atomic E-state index is 0.526. The second-order valence-electron chi connectivity index (χ2n) is 3.97. The summed E-state index contributed by atoms with van der Waals surface area (Å²) in [5, 5.41) is 0. The maximum Gasteiger partial charge on any atom is -0.00961 e. The van der Waals surface area contributed by atoms with Crippen LogP contribution in [0.3, 0.4) is 0 Å². The largest absolute Gasteiger partial charge is 0.0996 e. The van der Waals surface area contributed by atoms with E-state index in [0.29, 0.717) is 5.41 Å². The van der Waals surface area contributed by atoms with Gasteiger partial charge in [0, 0.05) is 0 Å². The monoisotopic (exact) mass is 152 g/mol. The molecule has 0 heteroatoms. The Morgan fingerprint density at radius 3 is 2.09 bits per heavy atom. The molecule has 11 heavy (non-hydrogen) atoms. The van der Waals surface area contributed by atoms with E-state index in [1.54, 1.807) is 0 Å². The van der Waals surface area contributed by atoms with Gasteiger partial charge in [-0.15, -0.1) is 0 Å². The molecule has 0 saturated heterocycles. The first-order valence-electron chi connectivity index (χ1n) is 4.87. The highest BCUT2D eigenvalue weighted by Crippen LogP contribution is 2.43. The summed E-state index contributed by atoms with van der Waals surface area (Å²) in [5.74, 6) is 0. The van der Waals surface area contributed by atoms with Gasteiger partial charge in [-0.3, -0.25) is 0 Å². The molecule has 0 aromatic rings. The van der Waals surface area contributed by atoms with Crippen molar-refractivity contribution in [2.24, 2.45) is 5.41 Å². The SMILES string of the molecule is C=C(C)C1(CC)CCCCC1. The summed E-state index contributed by atoms with van der Waals surface area (Å²) in [6.45, 7) is 8.63. The number of hydrogen-bond donors (Lipinski definition) is 0. The Bertz CT molecular complexity index is 138. The summed E-state index contributed by atoms with van der Waals surface area (Å²) >= 11 is 0. The second-order valence-corrected chi connectivity index (χ2v) is 3.97. The van der Waals surface area contributed by atoms with Crippen LogP contribution in [-0.2, 0) is 0 Å². The third-order valence-electron chi connectivity index (χ3n) is 3.39. The van der Waals surface area contributed by atoms with E-state index in [2.05, 4.69) is 20.4 Å². The third kappa shape index (κ3) is 1.66. The van der Waals surface area contributed by atoms with E-state index >= 15 is 0 Å². The van der Waals surface area contributed by atoms with Crippen LogP contribution in [0.25, 0.3) is 0 Å². The van der Waals surface area contributed by atoms with Crippen molar-refractivity contribution in [2.45, 2.75) is 52.4 Å². The van der Waals surface area contributed by atoms with Crippen LogP contribution in [0, 0.1) is 5.41 Å². The average Bonchev–Trinajstić information content (AvgIpc) is 2.05. The lowest BCUT2D eigenvalue weighted by molar-refractivity contribution is 0.231. The van der Waals surface area contributed by atoms with Crippen LogP contribution in [0.2, 0.25) is 0 Å². The smallest absolute Gasteiger partial charge is 0.00961 e. The molecule has 0 nitrogen and oxygen atoms in total. The van der Waals surface area contributed by atoms with Crippen LogP contribution in [0.15, 0.2) is 12.2 Å². The van der Waals surface area contributed by atoms with Gasteiger partial charge in [-0.2, -0.15) is 0 Å². The molecule has 1 aliphatic carbocycles. The van der Waals surface area contributed by atoms with Crippen molar-refractivity contribution in [2.75, 3.05) is 0 Å². The highest BCUT2D eigenvalue weighted by molar-refractivity contribution is 5.07. The molecule has 1 aliphatic rings. The highest BCUT2D eigenvalue weighted by Gasteiger charge is 2.30. The molecule has 0 aromatic carbocycles. The molecule has 0 amide bonds. The van der Waals surface area contributed by atoms with Crippen LogP contribution < -0.4 is 0 Å². The van der Waals surface area contributed by atoms with Gasteiger partial charge in [0.15, 0.2) is 0 Å². The lowest BCUT2D eigenvalue weighted by atomic mass is 9.68. The van der Waals surface area contributed by atoms with E-state index in [9.17, 15) is 0 Å². The van der Waals surface area contributed by atoms with Gasteiger partial charge in [-0.05, 0) is 31.6 Å². The average molecular weight is 152 g/mol. The molecule has 0 atom stereocenters. The molecule has 1 saturated carbocycles. The molecule has 0 aliphatic heterocycles. The van der Waals surface area contributed by atoms with Crippen molar-refractivity contribution in [3.05, 3.63) is 12.2 Å². The predicted octanol–water partition coefficient (Wildman–Crippen LogP) is 3.92. The molecule has 0 N–H and O–H groups in total. The summed E-state index contributed by atoms with van der Waals surface area (Å²) in [6.07, 6.45) is 8.34. The van der Waals surface area contributed by atoms with Crippen molar-refractivity contribution in [1.29, 1.82) is 0 Å². The molecule has 0 spiro atoms. The van der Waals surface area contributed by atoms with Gasteiger partial charge < -0.3 is 0 Å². The molecule has 1 rings (SSSR count). The topological polar surface area (TPSA) is 0 Å². The second kappa shape index (κ2) is 3.42. The first-order valence-corrected chi connectivity index (χ1v) is 4.87. The van der Waals surface area contributed by atoms with Crippen LogP contribution >= 0.6 is 0 Å². The molecule has 0 heterocycles. The number of rotatable bonds is 2. The standard InChI is InChI=1S/C11H20/c1-4-11(10(2)3)8-6-5-7-9-11/h2,4-9H2,1,3H3. The molecule has 0 aromatic heterocycles. The van der Waals surface area contributed by atoms with Crippen molar-refractivity contribution in [3.63, 3.8) is 0 Å². The van der Waals surface area contributed by atoms with Crippen molar-refractivity contribution >= 4 is 0 Å². The Hall–Kier alpha value is -0.260. The molecule has 0 bridgehead atoms. The number of allylic oxidation sites excluding steroid dienone is 1. The summed E-state index contributed by atoms with van der Waals surface area (Å²) < 4.78 is 0. The molecule has 0 radical (unpaired) electrons. The zero-order valence-corrected chi connectivity index (χ0v) is 7.95. The quantitative estimate of drug-likeness (QED) is 0.526. The van der Waals surface area contributed by atoms with Gasteiger partial charge in [0.25, 0.3) is 0 Å². The van der Waals surface area contributed by atoms with Crippen molar-refractivity contribution in [3.8, 4) is 0 Å². The van der Waals surface area contributed by atoms with Gasteiger partial charge in [0.2, 0.25) is 0 Å². The highest BCUT2D eigenvalue weighted by atomic mass is 14.3. The van der Waals surface area contributed by atoms with Gasteiger partial charge in [-0.25, -0.2) is 0 Å². The molecular weight excluding hydrogens is 132 g/mol. The summed E-state index contributed by atoms with van der Waals surface area (Å²) in [6, 6.07) is 0. The Kier molecular flexibility index (Phi) is 2.75. The fourth-order valence-electron chi connectivity index (χ4n) is 2.31. The zero-order chi connectivity index (χ0) is 8.32. The summed E-state index contributed by atoms with van der Waals surface area (Å²) in [7, 11) is 0. The van der Waals surface area contributed by atoms with Gasteiger partial charge in [0.05, 0.1) is 0 Å². The van der Waals surface area contributed by atoms with Crippen LogP contribution in [0.4, 0.5) is 0 Å². The first-order chi connectivity index (χ1) is 5.21. The number of hydrogen-bond acceptors (Lipinski definition) is 0. The van der Waals surface area contributed by atoms with E-state index < -0.39 is 0 Å².